The Morgan fingerprint density at radius 2 is 1.96 bits per heavy atom. The normalized spacial score (nSPS) is 11.7. The number of carbonyl (C=O) groups excluding carboxylic acids is 2. The first-order valence-electron chi connectivity index (χ1n) is 6.96. The molecule has 0 bridgehead atoms. The van der Waals surface area contributed by atoms with Crippen molar-refractivity contribution in [1.29, 1.82) is 0 Å². The SMILES string of the molecule is O=C(CC(NCc1cccnc1)C(=O)[O-])Nc1ccc(O)cc1. The van der Waals surface area contributed by atoms with Gasteiger partial charge in [0.05, 0.1) is 12.0 Å². The van der Waals surface area contributed by atoms with E-state index in [0.29, 0.717) is 5.69 Å². The molecule has 1 aromatic carbocycles. The predicted molar refractivity (Wildman–Crippen MR) is 81.2 cm³/mol. The number of amides is 1. The first-order valence-corrected chi connectivity index (χ1v) is 6.96. The minimum Gasteiger partial charge on any atom is -0.548 e. The molecule has 1 unspecified atom stereocenters. The van der Waals surface area contributed by atoms with Gasteiger partial charge in [0, 0.05) is 31.0 Å². The van der Waals surface area contributed by atoms with Crippen molar-refractivity contribution in [2.75, 3.05) is 5.32 Å². The number of carboxylic acid groups (broad SMARTS) is 1. The number of benzene rings is 1. The molecule has 1 aromatic heterocycles. The molecule has 7 nitrogen and oxygen atoms in total. The Hall–Kier alpha value is -2.93. The van der Waals surface area contributed by atoms with E-state index in [4.69, 9.17) is 0 Å². The van der Waals surface area contributed by atoms with Crippen LogP contribution in [0.3, 0.4) is 0 Å². The number of rotatable bonds is 7. The number of aromatic nitrogens is 1. The Balaban J connectivity index is 1.89. The highest BCUT2D eigenvalue weighted by molar-refractivity contribution is 5.93. The van der Waals surface area contributed by atoms with Crippen LogP contribution in [0.4, 0.5) is 5.69 Å². The second kappa shape index (κ2) is 7.90. The molecule has 2 aromatic rings. The van der Waals surface area contributed by atoms with Crippen molar-refractivity contribution in [3.05, 3.63) is 54.4 Å². The fourth-order valence-electron chi connectivity index (χ4n) is 1.92. The van der Waals surface area contributed by atoms with Crippen LogP contribution in [0.2, 0.25) is 0 Å². The maximum Gasteiger partial charge on any atom is 0.226 e. The fraction of sp³-hybridized carbons (Fsp3) is 0.188. The zero-order chi connectivity index (χ0) is 16.7. The highest BCUT2D eigenvalue weighted by Gasteiger charge is 2.15. The molecule has 0 saturated heterocycles. The van der Waals surface area contributed by atoms with Gasteiger partial charge in [0.1, 0.15) is 5.75 Å². The van der Waals surface area contributed by atoms with Crippen molar-refractivity contribution < 1.29 is 19.8 Å². The van der Waals surface area contributed by atoms with Crippen LogP contribution in [0.15, 0.2) is 48.8 Å². The minimum absolute atomic E-state index is 0.0775. The lowest BCUT2D eigenvalue weighted by Gasteiger charge is -2.19. The van der Waals surface area contributed by atoms with Crippen LogP contribution in [-0.2, 0) is 16.1 Å². The highest BCUT2D eigenvalue weighted by Crippen LogP contribution is 2.14. The largest absolute Gasteiger partial charge is 0.548 e. The molecule has 23 heavy (non-hydrogen) atoms. The summed E-state index contributed by atoms with van der Waals surface area (Å²) in [7, 11) is 0. The van der Waals surface area contributed by atoms with E-state index in [1.807, 2.05) is 0 Å². The number of aromatic hydroxyl groups is 1. The third-order valence-electron chi connectivity index (χ3n) is 3.10. The Morgan fingerprint density at radius 1 is 1.22 bits per heavy atom. The first-order chi connectivity index (χ1) is 11.0. The van der Waals surface area contributed by atoms with Gasteiger partial charge in [-0.25, -0.2) is 0 Å². The quantitative estimate of drug-likeness (QED) is 0.621. The summed E-state index contributed by atoms with van der Waals surface area (Å²) in [6, 6.07) is 8.30. The lowest BCUT2D eigenvalue weighted by molar-refractivity contribution is -0.308. The molecular weight excluding hydrogens is 298 g/mol. The predicted octanol–water partition coefficient (Wildman–Crippen LogP) is 0.0241. The van der Waals surface area contributed by atoms with E-state index in [1.54, 1.807) is 24.5 Å². The number of nitrogens with zero attached hydrogens (tertiary/aromatic N) is 1. The van der Waals surface area contributed by atoms with Gasteiger partial charge in [-0.15, -0.1) is 0 Å². The molecule has 1 heterocycles. The summed E-state index contributed by atoms with van der Waals surface area (Å²) in [6.07, 6.45) is 2.95. The molecule has 0 saturated carbocycles. The van der Waals surface area contributed by atoms with Crippen molar-refractivity contribution in [1.82, 2.24) is 10.3 Å². The number of aliphatic carboxylic acids is 1. The maximum absolute atomic E-state index is 11.9. The molecule has 0 fully saturated rings. The van der Waals surface area contributed by atoms with Gasteiger partial charge in [-0.05, 0) is 35.9 Å². The summed E-state index contributed by atoms with van der Waals surface area (Å²) in [4.78, 5) is 27.0. The maximum atomic E-state index is 11.9. The number of phenols is 1. The first kappa shape index (κ1) is 16.4. The number of hydrogen-bond donors (Lipinski definition) is 3. The zero-order valence-electron chi connectivity index (χ0n) is 12.2. The van der Waals surface area contributed by atoms with Crippen molar-refractivity contribution in [2.45, 2.75) is 19.0 Å². The van der Waals surface area contributed by atoms with Crippen LogP contribution in [-0.4, -0.2) is 28.0 Å². The van der Waals surface area contributed by atoms with E-state index in [1.165, 1.54) is 24.3 Å². The van der Waals surface area contributed by atoms with Crippen LogP contribution in [0.5, 0.6) is 5.75 Å². The summed E-state index contributed by atoms with van der Waals surface area (Å²) >= 11 is 0. The fourth-order valence-corrected chi connectivity index (χ4v) is 1.92. The summed E-state index contributed by atoms with van der Waals surface area (Å²) < 4.78 is 0. The zero-order valence-corrected chi connectivity index (χ0v) is 12.2. The number of phenolic OH excluding ortho intramolecular Hbond substituents is 1. The van der Waals surface area contributed by atoms with Gasteiger partial charge in [0.25, 0.3) is 0 Å². The number of carbonyl (C=O) groups is 2. The second-order valence-electron chi connectivity index (χ2n) is 4.91. The molecule has 0 aliphatic carbocycles. The van der Waals surface area contributed by atoms with E-state index < -0.39 is 17.9 Å². The molecule has 0 aliphatic heterocycles. The number of carboxylic acids is 1. The van der Waals surface area contributed by atoms with Gasteiger partial charge in [-0.1, -0.05) is 6.07 Å². The molecule has 1 atom stereocenters. The second-order valence-corrected chi connectivity index (χ2v) is 4.91. The van der Waals surface area contributed by atoms with Crippen molar-refractivity contribution in [3.63, 3.8) is 0 Å². The molecule has 2 rings (SSSR count). The number of pyridine rings is 1. The average molecular weight is 314 g/mol. The van der Waals surface area contributed by atoms with Crippen molar-refractivity contribution in [3.8, 4) is 5.75 Å². The van der Waals surface area contributed by atoms with Gasteiger partial charge < -0.3 is 25.6 Å². The number of anilines is 1. The van der Waals surface area contributed by atoms with Gasteiger partial charge in [0.15, 0.2) is 0 Å². The lowest BCUT2D eigenvalue weighted by atomic mass is 10.1. The molecular formula is C16H16N3O4-. The van der Waals surface area contributed by atoms with Gasteiger partial charge in [0.2, 0.25) is 5.91 Å². The third-order valence-corrected chi connectivity index (χ3v) is 3.10. The van der Waals surface area contributed by atoms with Gasteiger partial charge >= 0.3 is 0 Å². The van der Waals surface area contributed by atoms with Crippen LogP contribution < -0.4 is 15.7 Å². The highest BCUT2D eigenvalue weighted by atomic mass is 16.4. The van der Waals surface area contributed by atoms with Gasteiger partial charge in [-0.3, -0.25) is 9.78 Å². The topological polar surface area (TPSA) is 114 Å². The Morgan fingerprint density at radius 3 is 2.57 bits per heavy atom. The molecule has 0 aliphatic rings. The summed E-state index contributed by atoms with van der Waals surface area (Å²) in [5.74, 6) is -1.74. The van der Waals surface area contributed by atoms with Crippen LogP contribution >= 0.6 is 0 Å². The monoisotopic (exact) mass is 314 g/mol. The van der Waals surface area contributed by atoms with Crippen LogP contribution in [0.1, 0.15) is 12.0 Å². The molecule has 3 N–H and O–H groups in total. The van der Waals surface area contributed by atoms with Crippen molar-refractivity contribution in [2.24, 2.45) is 0 Å². The summed E-state index contributed by atoms with van der Waals surface area (Å²) in [5.41, 5.74) is 1.27. The smallest absolute Gasteiger partial charge is 0.226 e. The molecule has 0 radical (unpaired) electrons. The van der Waals surface area contributed by atoms with E-state index >= 15 is 0 Å². The van der Waals surface area contributed by atoms with E-state index in [-0.39, 0.29) is 18.7 Å². The molecule has 7 heteroatoms. The molecule has 0 spiro atoms. The van der Waals surface area contributed by atoms with Crippen LogP contribution in [0.25, 0.3) is 0 Å². The standard InChI is InChI=1S/C16H17N3O4/c20-13-5-3-12(4-6-13)19-15(21)8-14(16(22)23)18-10-11-2-1-7-17-9-11/h1-7,9,14,18,20H,8,10H2,(H,19,21)(H,22,23)/p-1. The average Bonchev–Trinajstić information content (AvgIpc) is 2.54. The Kier molecular flexibility index (Phi) is 5.65. The number of nitrogens with one attached hydrogen (secondary N) is 2. The summed E-state index contributed by atoms with van der Waals surface area (Å²) in [6.45, 7) is 0.263. The number of hydrogen-bond acceptors (Lipinski definition) is 6. The van der Waals surface area contributed by atoms with Crippen molar-refractivity contribution >= 4 is 17.6 Å². The van der Waals surface area contributed by atoms with Gasteiger partial charge in [-0.2, -0.15) is 0 Å². The molecule has 120 valence electrons. The van der Waals surface area contributed by atoms with E-state index in [0.717, 1.165) is 5.56 Å². The summed E-state index contributed by atoms with van der Waals surface area (Å²) in [5, 5.41) is 25.6. The Labute approximate surface area is 133 Å². The Bertz CT molecular complexity index is 659. The third kappa shape index (κ3) is 5.40. The van der Waals surface area contributed by atoms with Crippen LogP contribution in [0, 0.1) is 0 Å². The minimum atomic E-state index is -1.35. The van der Waals surface area contributed by atoms with E-state index in [9.17, 15) is 19.8 Å². The lowest BCUT2D eigenvalue weighted by Crippen LogP contribution is -2.47. The molecule has 1 amide bonds. The van der Waals surface area contributed by atoms with E-state index in [2.05, 4.69) is 15.6 Å².